The zero-order chi connectivity index (χ0) is 13.9. The topological polar surface area (TPSA) is 65.1 Å². The van der Waals surface area contributed by atoms with Gasteiger partial charge < -0.3 is 14.2 Å². The Morgan fingerprint density at radius 1 is 1.11 bits per heavy atom. The minimum Gasteiger partial charge on any atom is -0.493 e. The second kappa shape index (κ2) is 5.77. The molecule has 0 bridgehead atoms. The van der Waals surface area contributed by atoms with E-state index in [1.54, 1.807) is 6.07 Å². The molecule has 0 N–H and O–H groups in total. The molecule has 0 unspecified atom stereocenters. The summed E-state index contributed by atoms with van der Waals surface area (Å²) in [6.45, 7) is 1.59. The average Bonchev–Trinajstić information content (AvgIpc) is 2.47. The first-order chi connectivity index (χ1) is 9.09. The van der Waals surface area contributed by atoms with Gasteiger partial charge in [0, 0.05) is 19.2 Å². The molecule has 0 aromatic heterocycles. The molecule has 0 radical (unpaired) electrons. The Morgan fingerprint density at radius 3 is 2.32 bits per heavy atom. The molecule has 1 aliphatic rings. The number of rotatable bonds is 4. The van der Waals surface area contributed by atoms with Gasteiger partial charge in [0.1, 0.15) is 0 Å². The van der Waals surface area contributed by atoms with Gasteiger partial charge >= 0.3 is 0 Å². The van der Waals surface area contributed by atoms with Crippen LogP contribution in [0, 0.1) is 0 Å². The van der Waals surface area contributed by atoms with Gasteiger partial charge in [-0.05, 0) is 12.1 Å². The summed E-state index contributed by atoms with van der Waals surface area (Å²) in [4.78, 5) is 0.201. The molecule has 1 saturated heterocycles. The zero-order valence-electron chi connectivity index (χ0n) is 11.0. The van der Waals surface area contributed by atoms with Gasteiger partial charge in [0.05, 0.1) is 32.3 Å². The van der Waals surface area contributed by atoms with Crippen LogP contribution in [0.25, 0.3) is 0 Å². The van der Waals surface area contributed by atoms with E-state index in [9.17, 15) is 8.42 Å². The van der Waals surface area contributed by atoms with Crippen LogP contribution in [0.5, 0.6) is 11.5 Å². The second-order valence-corrected chi connectivity index (χ2v) is 5.97. The number of methoxy groups -OCH3 is 2. The molecular weight excluding hydrogens is 270 g/mol. The van der Waals surface area contributed by atoms with Crippen molar-refractivity contribution < 1.29 is 22.6 Å². The molecule has 1 aromatic rings. The Morgan fingerprint density at radius 2 is 1.74 bits per heavy atom. The number of morpholine rings is 1. The van der Waals surface area contributed by atoms with Gasteiger partial charge in [-0.2, -0.15) is 4.31 Å². The maximum atomic E-state index is 12.4. The maximum absolute atomic E-state index is 12.4. The molecule has 7 heteroatoms. The van der Waals surface area contributed by atoms with Gasteiger partial charge in [0.25, 0.3) is 0 Å². The SMILES string of the molecule is COc1ccc(S(=O)(=O)N2CCOCC2)cc1OC. The standard InChI is InChI=1S/C12H17NO5S/c1-16-11-4-3-10(9-12(11)17-2)19(14,15)13-5-7-18-8-6-13/h3-4,9H,5-8H2,1-2H3. The first kappa shape index (κ1) is 14.1. The van der Waals surface area contributed by atoms with Crippen LogP contribution in [0.15, 0.2) is 23.1 Å². The van der Waals surface area contributed by atoms with Crippen LogP contribution in [0.1, 0.15) is 0 Å². The molecule has 1 aliphatic heterocycles. The molecule has 1 fully saturated rings. The lowest BCUT2D eigenvalue weighted by Crippen LogP contribution is -2.40. The van der Waals surface area contributed by atoms with E-state index in [4.69, 9.17) is 14.2 Å². The second-order valence-electron chi connectivity index (χ2n) is 4.03. The Balaban J connectivity index is 2.34. The monoisotopic (exact) mass is 287 g/mol. The van der Waals surface area contributed by atoms with E-state index in [1.807, 2.05) is 0 Å². The number of hydrogen-bond acceptors (Lipinski definition) is 5. The number of hydrogen-bond donors (Lipinski definition) is 0. The molecule has 2 rings (SSSR count). The van der Waals surface area contributed by atoms with Crippen molar-refractivity contribution in [2.24, 2.45) is 0 Å². The van der Waals surface area contributed by atoms with Gasteiger partial charge in [-0.25, -0.2) is 8.42 Å². The molecule has 0 spiro atoms. The van der Waals surface area contributed by atoms with Crippen LogP contribution in [-0.2, 0) is 14.8 Å². The number of sulfonamides is 1. The van der Waals surface area contributed by atoms with Crippen molar-refractivity contribution in [1.29, 1.82) is 0 Å². The predicted molar refractivity (Wildman–Crippen MR) is 69.1 cm³/mol. The van der Waals surface area contributed by atoms with Crippen LogP contribution < -0.4 is 9.47 Å². The van der Waals surface area contributed by atoms with E-state index in [0.717, 1.165) is 0 Å². The minimum atomic E-state index is -3.50. The Kier molecular flexibility index (Phi) is 4.28. The highest BCUT2D eigenvalue weighted by Gasteiger charge is 2.27. The summed E-state index contributed by atoms with van der Waals surface area (Å²) >= 11 is 0. The van der Waals surface area contributed by atoms with E-state index in [-0.39, 0.29) is 4.90 Å². The highest BCUT2D eigenvalue weighted by atomic mass is 32.2. The summed E-state index contributed by atoms with van der Waals surface area (Å²) in [5.41, 5.74) is 0. The lowest BCUT2D eigenvalue weighted by atomic mass is 10.3. The molecule has 106 valence electrons. The molecule has 1 heterocycles. The van der Waals surface area contributed by atoms with Crippen molar-refractivity contribution in [3.63, 3.8) is 0 Å². The van der Waals surface area contributed by atoms with E-state index in [1.165, 1.54) is 30.7 Å². The summed E-state index contributed by atoms with van der Waals surface area (Å²) in [6, 6.07) is 4.59. The quantitative estimate of drug-likeness (QED) is 0.816. The van der Waals surface area contributed by atoms with Crippen LogP contribution in [-0.4, -0.2) is 53.2 Å². The molecule has 0 aliphatic carbocycles. The van der Waals surface area contributed by atoms with Gasteiger partial charge in [-0.15, -0.1) is 0 Å². The first-order valence-electron chi connectivity index (χ1n) is 5.89. The largest absolute Gasteiger partial charge is 0.493 e. The van der Waals surface area contributed by atoms with E-state index >= 15 is 0 Å². The molecule has 0 atom stereocenters. The van der Waals surface area contributed by atoms with Crippen LogP contribution in [0.3, 0.4) is 0 Å². The van der Waals surface area contributed by atoms with Crippen molar-refractivity contribution in [2.45, 2.75) is 4.90 Å². The summed E-state index contributed by atoms with van der Waals surface area (Å²) in [7, 11) is -0.519. The molecule has 19 heavy (non-hydrogen) atoms. The predicted octanol–water partition coefficient (Wildman–Crippen LogP) is 0.725. The van der Waals surface area contributed by atoms with E-state index in [0.29, 0.717) is 37.8 Å². The summed E-state index contributed by atoms with van der Waals surface area (Å²) in [5.74, 6) is 0.903. The number of ether oxygens (including phenoxy) is 3. The van der Waals surface area contributed by atoms with Crippen LogP contribution in [0.2, 0.25) is 0 Å². The Labute approximate surface area is 112 Å². The highest BCUT2D eigenvalue weighted by Crippen LogP contribution is 2.30. The Hall–Kier alpha value is -1.31. The fraction of sp³-hybridized carbons (Fsp3) is 0.500. The average molecular weight is 287 g/mol. The van der Waals surface area contributed by atoms with Crippen molar-refractivity contribution in [3.8, 4) is 11.5 Å². The van der Waals surface area contributed by atoms with Gasteiger partial charge in [-0.3, -0.25) is 0 Å². The maximum Gasteiger partial charge on any atom is 0.243 e. The Bertz CT molecular complexity index is 537. The van der Waals surface area contributed by atoms with Gasteiger partial charge in [0.15, 0.2) is 11.5 Å². The molecule has 1 aromatic carbocycles. The summed E-state index contributed by atoms with van der Waals surface area (Å²) in [6.07, 6.45) is 0. The van der Waals surface area contributed by atoms with E-state index < -0.39 is 10.0 Å². The number of benzene rings is 1. The molecule has 6 nitrogen and oxygen atoms in total. The fourth-order valence-electron chi connectivity index (χ4n) is 1.91. The lowest BCUT2D eigenvalue weighted by molar-refractivity contribution is 0.0730. The van der Waals surface area contributed by atoms with E-state index in [2.05, 4.69) is 0 Å². The zero-order valence-corrected chi connectivity index (χ0v) is 11.8. The lowest BCUT2D eigenvalue weighted by Gasteiger charge is -2.26. The van der Waals surface area contributed by atoms with Crippen molar-refractivity contribution in [1.82, 2.24) is 4.31 Å². The van der Waals surface area contributed by atoms with Crippen LogP contribution in [0.4, 0.5) is 0 Å². The highest BCUT2D eigenvalue weighted by molar-refractivity contribution is 7.89. The van der Waals surface area contributed by atoms with Gasteiger partial charge in [0.2, 0.25) is 10.0 Å². The summed E-state index contributed by atoms with van der Waals surface area (Å²) in [5, 5.41) is 0. The van der Waals surface area contributed by atoms with Crippen molar-refractivity contribution in [3.05, 3.63) is 18.2 Å². The fourth-order valence-corrected chi connectivity index (χ4v) is 3.34. The third kappa shape index (κ3) is 2.83. The van der Waals surface area contributed by atoms with Crippen LogP contribution >= 0.6 is 0 Å². The van der Waals surface area contributed by atoms with Crippen molar-refractivity contribution >= 4 is 10.0 Å². The molecule has 0 saturated carbocycles. The molecular formula is C12H17NO5S. The van der Waals surface area contributed by atoms with Crippen molar-refractivity contribution in [2.75, 3.05) is 40.5 Å². The first-order valence-corrected chi connectivity index (χ1v) is 7.33. The third-order valence-corrected chi connectivity index (χ3v) is 4.86. The number of nitrogens with zero attached hydrogens (tertiary/aromatic N) is 1. The normalized spacial score (nSPS) is 17.2. The molecule has 0 amide bonds. The van der Waals surface area contributed by atoms with Gasteiger partial charge in [-0.1, -0.05) is 0 Å². The third-order valence-electron chi connectivity index (χ3n) is 2.96. The smallest absolute Gasteiger partial charge is 0.243 e. The summed E-state index contributed by atoms with van der Waals surface area (Å²) < 4.78 is 41.7. The minimum absolute atomic E-state index is 0.201.